The molecule has 0 aliphatic carbocycles. The maximum atomic E-state index is 10.5. The summed E-state index contributed by atoms with van der Waals surface area (Å²) in [6.07, 6.45) is 0. The average molecular weight is 297 g/mol. The highest BCUT2D eigenvalue weighted by Crippen LogP contribution is 2.33. The van der Waals surface area contributed by atoms with Crippen LogP contribution < -0.4 is 5.32 Å². The minimum atomic E-state index is 0.0875. The second-order valence-electron chi connectivity index (χ2n) is 5.39. The van der Waals surface area contributed by atoms with E-state index in [0.717, 1.165) is 16.3 Å². The lowest BCUT2D eigenvalue weighted by Crippen LogP contribution is -2.22. The summed E-state index contributed by atoms with van der Waals surface area (Å²) in [5, 5.41) is 20.3. The maximum Gasteiger partial charge on any atom is 0.128 e. The van der Waals surface area contributed by atoms with Crippen LogP contribution in [-0.2, 0) is 0 Å². The number of rotatable bonds is 4. The molecule has 21 heavy (non-hydrogen) atoms. The fourth-order valence-corrected chi connectivity index (χ4v) is 3.46. The van der Waals surface area contributed by atoms with Gasteiger partial charge in [-0.15, -0.1) is 0 Å². The summed E-state index contributed by atoms with van der Waals surface area (Å²) in [5.74, 6) is 0.380. The highest BCUT2D eigenvalue weighted by molar-refractivity contribution is 7.07. The molecule has 2 N–H and O–H groups in total. The van der Waals surface area contributed by atoms with Crippen LogP contribution in [-0.4, -0.2) is 5.11 Å². The summed E-state index contributed by atoms with van der Waals surface area (Å²) in [4.78, 5) is 0. The van der Waals surface area contributed by atoms with Crippen molar-refractivity contribution >= 4 is 22.1 Å². The van der Waals surface area contributed by atoms with Gasteiger partial charge in [-0.05, 0) is 41.6 Å². The van der Waals surface area contributed by atoms with Gasteiger partial charge < -0.3 is 10.4 Å². The number of fused-ring (bicyclic) bond motifs is 1. The van der Waals surface area contributed by atoms with Crippen LogP contribution in [0.25, 0.3) is 10.8 Å². The number of thiophene rings is 1. The van der Waals surface area contributed by atoms with Crippen molar-refractivity contribution in [2.24, 2.45) is 0 Å². The fraction of sp³-hybridized carbons (Fsp3) is 0.222. The van der Waals surface area contributed by atoms with Gasteiger partial charge in [0.05, 0.1) is 0 Å². The van der Waals surface area contributed by atoms with Crippen molar-refractivity contribution in [1.82, 2.24) is 5.32 Å². The Morgan fingerprint density at radius 3 is 2.57 bits per heavy atom. The lowest BCUT2D eigenvalue weighted by molar-refractivity contribution is 0.443. The fourth-order valence-electron chi connectivity index (χ4n) is 2.70. The minimum absolute atomic E-state index is 0.0875. The third kappa shape index (κ3) is 2.80. The van der Waals surface area contributed by atoms with Gasteiger partial charge in [-0.1, -0.05) is 36.4 Å². The third-order valence-electron chi connectivity index (χ3n) is 3.94. The summed E-state index contributed by atoms with van der Waals surface area (Å²) in [6, 6.07) is 14.5. The predicted octanol–water partition coefficient (Wildman–Crippen LogP) is 5.02. The van der Waals surface area contributed by atoms with Crippen molar-refractivity contribution in [3.63, 3.8) is 0 Å². The van der Waals surface area contributed by atoms with Gasteiger partial charge in [-0.2, -0.15) is 11.3 Å². The normalized spacial score (nSPS) is 14.2. The SMILES string of the molecule is CC(NC(C)c1ccc2ccccc2c1O)c1ccsc1. The van der Waals surface area contributed by atoms with Crippen molar-refractivity contribution in [2.45, 2.75) is 25.9 Å². The van der Waals surface area contributed by atoms with Crippen LogP contribution in [0.1, 0.15) is 37.1 Å². The van der Waals surface area contributed by atoms with Crippen LogP contribution in [0.2, 0.25) is 0 Å². The van der Waals surface area contributed by atoms with E-state index in [1.807, 2.05) is 30.3 Å². The van der Waals surface area contributed by atoms with Crippen molar-refractivity contribution in [3.8, 4) is 5.75 Å². The zero-order valence-corrected chi connectivity index (χ0v) is 13.0. The zero-order valence-electron chi connectivity index (χ0n) is 12.2. The van der Waals surface area contributed by atoms with Crippen molar-refractivity contribution in [2.75, 3.05) is 0 Å². The third-order valence-corrected chi connectivity index (χ3v) is 4.64. The topological polar surface area (TPSA) is 32.3 Å². The Balaban J connectivity index is 1.87. The molecule has 3 aromatic rings. The van der Waals surface area contributed by atoms with E-state index in [2.05, 4.69) is 42.1 Å². The molecule has 2 aromatic carbocycles. The molecule has 108 valence electrons. The standard InChI is InChI=1S/C18H19NOS/c1-12(15-9-10-21-11-15)19-13(2)16-8-7-14-5-3-4-6-17(14)18(16)20/h3-13,19-20H,1-2H3. The maximum absolute atomic E-state index is 10.5. The van der Waals surface area contributed by atoms with Crippen LogP contribution in [0.4, 0.5) is 0 Å². The van der Waals surface area contributed by atoms with Gasteiger partial charge >= 0.3 is 0 Å². The van der Waals surface area contributed by atoms with Gasteiger partial charge in [0.2, 0.25) is 0 Å². The first-order valence-corrected chi connectivity index (χ1v) is 8.10. The largest absolute Gasteiger partial charge is 0.507 e. The summed E-state index contributed by atoms with van der Waals surface area (Å²) in [6.45, 7) is 4.24. The second kappa shape index (κ2) is 5.88. The number of phenols is 1. The second-order valence-corrected chi connectivity index (χ2v) is 6.17. The van der Waals surface area contributed by atoms with E-state index in [1.165, 1.54) is 5.56 Å². The molecule has 0 aliphatic rings. The Hall–Kier alpha value is -1.84. The first-order valence-electron chi connectivity index (χ1n) is 7.15. The van der Waals surface area contributed by atoms with Gasteiger partial charge in [0.15, 0.2) is 0 Å². The van der Waals surface area contributed by atoms with Gasteiger partial charge in [-0.25, -0.2) is 0 Å². The van der Waals surface area contributed by atoms with E-state index < -0.39 is 0 Å². The Labute approximate surface area is 129 Å². The van der Waals surface area contributed by atoms with Crippen molar-refractivity contribution in [1.29, 1.82) is 0 Å². The Morgan fingerprint density at radius 1 is 1.00 bits per heavy atom. The number of hydrogen-bond acceptors (Lipinski definition) is 3. The predicted molar refractivity (Wildman–Crippen MR) is 89.9 cm³/mol. The summed E-state index contributed by atoms with van der Waals surface area (Å²) < 4.78 is 0. The van der Waals surface area contributed by atoms with Gasteiger partial charge in [-0.3, -0.25) is 0 Å². The minimum Gasteiger partial charge on any atom is -0.507 e. The van der Waals surface area contributed by atoms with E-state index in [-0.39, 0.29) is 12.1 Å². The Kier molecular flexibility index (Phi) is 3.95. The van der Waals surface area contributed by atoms with E-state index in [4.69, 9.17) is 0 Å². The molecule has 0 fully saturated rings. The molecular formula is C18H19NOS. The molecule has 2 atom stereocenters. The molecule has 0 bridgehead atoms. The monoisotopic (exact) mass is 297 g/mol. The van der Waals surface area contributed by atoms with Crippen LogP contribution in [0.3, 0.4) is 0 Å². The van der Waals surface area contributed by atoms with E-state index >= 15 is 0 Å². The molecule has 1 heterocycles. The molecule has 0 amide bonds. The molecule has 0 saturated heterocycles. The highest BCUT2D eigenvalue weighted by atomic mass is 32.1. The first-order chi connectivity index (χ1) is 10.2. The summed E-state index contributed by atoms with van der Waals surface area (Å²) >= 11 is 1.71. The quantitative estimate of drug-likeness (QED) is 0.708. The molecule has 1 aromatic heterocycles. The molecular weight excluding hydrogens is 278 g/mol. The zero-order chi connectivity index (χ0) is 14.8. The smallest absolute Gasteiger partial charge is 0.128 e. The molecule has 0 spiro atoms. The number of nitrogens with one attached hydrogen (secondary N) is 1. The molecule has 2 unspecified atom stereocenters. The number of hydrogen-bond donors (Lipinski definition) is 2. The molecule has 0 radical (unpaired) electrons. The Bertz CT molecular complexity index is 736. The molecule has 2 nitrogen and oxygen atoms in total. The van der Waals surface area contributed by atoms with Crippen LogP contribution in [0.15, 0.2) is 53.2 Å². The van der Waals surface area contributed by atoms with Gasteiger partial charge in [0.25, 0.3) is 0 Å². The van der Waals surface area contributed by atoms with Crippen LogP contribution in [0, 0.1) is 0 Å². The molecule has 3 rings (SSSR count). The number of phenolic OH excluding ortho intramolecular Hbond substituents is 1. The van der Waals surface area contributed by atoms with Crippen LogP contribution in [0.5, 0.6) is 5.75 Å². The number of benzene rings is 2. The molecule has 0 saturated carbocycles. The van der Waals surface area contributed by atoms with E-state index in [9.17, 15) is 5.11 Å². The molecule has 3 heteroatoms. The summed E-state index contributed by atoms with van der Waals surface area (Å²) in [5.41, 5.74) is 2.22. The lowest BCUT2D eigenvalue weighted by Gasteiger charge is -2.21. The van der Waals surface area contributed by atoms with Gasteiger partial charge in [0, 0.05) is 23.0 Å². The van der Waals surface area contributed by atoms with E-state index in [0.29, 0.717) is 5.75 Å². The Morgan fingerprint density at radius 2 is 1.81 bits per heavy atom. The lowest BCUT2D eigenvalue weighted by atomic mass is 10.00. The van der Waals surface area contributed by atoms with Crippen LogP contribution >= 0.6 is 11.3 Å². The van der Waals surface area contributed by atoms with Crippen molar-refractivity contribution in [3.05, 3.63) is 64.4 Å². The highest BCUT2D eigenvalue weighted by Gasteiger charge is 2.15. The first kappa shape index (κ1) is 14.1. The average Bonchev–Trinajstić information content (AvgIpc) is 3.02. The van der Waals surface area contributed by atoms with Crippen molar-refractivity contribution < 1.29 is 5.11 Å². The summed E-state index contributed by atoms with van der Waals surface area (Å²) in [7, 11) is 0. The van der Waals surface area contributed by atoms with E-state index in [1.54, 1.807) is 11.3 Å². The van der Waals surface area contributed by atoms with Gasteiger partial charge in [0.1, 0.15) is 5.75 Å². The molecule has 0 aliphatic heterocycles. The number of aromatic hydroxyl groups is 1.